The number of hydrogen-bond donors (Lipinski definition) is 0. The molecule has 0 fully saturated rings. The molecule has 8 aromatic rings. The molecule has 10 heteroatoms. The third-order valence-corrected chi connectivity index (χ3v) is 10.2. The predicted octanol–water partition coefficient (Wildman–Crippen LogP) is 7.70. The molecule has 0 spiro atoms. The van der Waals surface area contributed by atoms with Crippen molar-refractivity contribution in [1.29, 1.82) is 0 Å². The summed E-state index contributed by atoms with van der Waals surface area (Å²) in [6, 6.07) is 25.9. The number of nitrogens with zero attached hydrogens (tertiary/aromatic N) is 1. The number of methoxy groups -OCH3 is 1. The van der Waals surface area contributed by atoms with Gasteiger partial charge in [0.2, 0.25) is 0 Å². The third kappa shape index (κ3) is 7.01. The second-order valence-corrected chi connectivity index (χ2v) is 13.6. The highest BCUT2D eigenvalue weighted by molar-refractivity contribution is 6.44. The number of fused-ring (bicyclic) bond motifs is 4. The SMILES string of the molecule is CCCCOCCOCCOc1ccc(-n2c(=O)c3c4ccc5cccc6c7cccc8ccc(c3c2=O)c(c87)c4c56)cc1OCCOCCOCCOC. The third-order valence-electron chi connectivity index (χ3n) is 10.2. The summed E-state index contributed by atoms with van der Waals surface area (Å²) in [5.74, 6) is 0.849. The Morgan fingerprint density at radius 2 is 0.982 bits per heavy atom. The molecule has 1 heterocycles. The fraction of sp³-hybridized carbons (Fsp3) is 0.333. The molecule has 0 aliphatic heterocycles. The Morgan fingerprint density at radius 1 is 0.473 bits per heavy atom. The van der Waals surface area contributed by atoms with Crippen LogP contribution in [0.4, 0.5) is 0 Å². The van der Waals surface area contributed by atoms with Gasteiger partial charge < -0.3 is 33.2 Å². The molecular weight excluding hydrogens is 698 g/mol. The summed E-state index contributed by atoms with van der Waals surface area (Å²) in [6.07, 6.45) is 2.11. The predicted molar refractivity (Wildman–Crippen MR) is 218 cm³/mol. The van der Waals surface area contributed by atoms with E-state index < -0.39 is 0 Å². The van der Waals surface area contributed by atoms with Crippen molar-refractivity contribution in [3.8, 4) is 17.2 Å². The average Bonchev–Trinajstić information content (AvgIpc) is 3.48. The molecule has 10 nitrogen and oxygen atoms in total. The van der Waals surface area contributed by atoms with Gasteiger partial charge in [0.05, 0.1) is 69.3 Å². The number of benzene rings is 7. The van der Waals surface area contributed by atoms with Crippen LogP contribution in [0.1, 0.15) is 19.8 Å². The first kappa shape index (κ1) is 36.9. The van der Waals surface area contributed by atoms with E-state index >= 15 is 0 Å². The van der Waals surface area contributed by atoms with E-state index in [9.17, 15) is 9.59 Å². The molecular formula is C45H45NO9. The second-order valence-electron chi connectivity index (χ2n) is 13.6. The van der Waals surface area contributed by atoms with Gasteiger partial charge in [-0.05, 0) is 72.4 Å². The molecule has 0 amide bonds. The van der Waals surface area contributed by atoms with Crippen LogP contribution >= 0.6 is 0 Å². The number of aromatic nitrogens is 1. The summed E-state index contributed by atoms with van der Waals surface area (Å²) in [5.41, 5.74) is -0.354. The van der Waals surface area contributed by atoms with E-state index in [0.29, 0.717) is 80.8 Å². The van der Waals surface area contributed by atoms with Crippen LogP contribution in [-0.2, 0) is 23.7 Å². The fourth-order valence-electron chi connectivity index (χ4n) is 7.73. The number of unbranched alkanes of at least 4 members (excludes halogenated alkanes) is 1. The van der Waals surface area contributed by atoms with Gasteiger partial charge in [-0.2, -0.15) is 0 Å². The van der Waals surface area contributed by atoms with Crippen LogP contribution in [0.25, 0.3) is 70.3 Å². The molecule has 0 bridgehead atoms. The van der Waals surface area contributed by atoms with Crippen LogP contribution in [0.2, 0.25) is 0 Å². The van der Waals surface area contributed by atoms with E-state index in [2.05, 4.69) is 55.5 Å². The molecule has 8 rings (SSSR count). The van der Waals surface area contributed by atoms with Gasteiger partial charge in [-0.15, -0.1) is 0 Å². The van der Waals surface area contributed by atoms with Gasteiger partial charge in [0.1, 0.15) is 13.2 Å². The molecule has 0 unspecified atom stereocenters. The van der Waals surface area contributed by atoms with Crippen molar-refractivity contribution in [3.63, 3.8) is 0 Å². The normalized spacial score (nSPS) is 12.2. The smallest absolute Gasteiger partial charge is 0.266 e. The highest BCUT2D eigenvalue weighted by Gasteiger charge is 2.25. The van der Waals surface area contributed by atoms with E-state index in [1.807, 2.05) is 12.1 Å². The quantitative estimate of drug-likeness (QED) is 0.0416. The van der Waals surface area contributed by atoms with Crippen molar-refractivity contribution >= 4 is 64.6 Å². The Morgan fingerprint density at radius 3 is 1.53 bits per heavy atom. The Bertz CT molecular complexity index is 2520. The van der Waals surface area contributed by atoms with E-state index in [1.54, 1.807) is 25.3 Å². The van der Waals surface area contributed by atoms with Gasteiger partial charge in [0.25, 0.3) is 11.1 Å². The Kier molecular flexibility index (Phi) is 11.2. The molecule has 284 valence electrons. The minimum absolute atomic E-state index is 0.214. The topological polar surface area (TPSA) is 104 Å². The molecule has 1 aromatic heterocycles. The summed E-state index contributed by atoms with van der Waals surface area (Å²) in [5, 5.41) is 11.1. The molecule has 0 aliphatic carbocycles. The first-order valence-electron chi connectivity index (χ1n) is 19.1. The zero-order valence-corrected chi connectivity index (χ0v) is 31.3. The van der Waals surface area contributed by atoms with Crippen LogP contribution < -0.4 is 20.6 Å². The first-order valence-corrected chi connectivity index (χ1v) is 19.1. The minimum Gasteiger partial charge on any atom is -0.487 e. The van der Waals surface area contributed by atoms with Gasteiger partial charge in [0.15, 0.2) is 11.5 Å². The van der Waals surface area contributed by atoms with Gasteiger partial charge in [-0.1, -0.05) is 74.0 Å². The summed E-state index contributed by atoms with van der Waals surface area (Å²) in [7, 11) is 1.63. The van der Waals surface area contributed by atoms with Crippen LogP contribution in [0, 0.1) is 0 Å². The van der Waals surface area contributed by atoms with E-state index in [-0.39, 0.29) is 24.3 Å². The lowest BCUT2D eigenvalue weighted by Gasteiger charge is -2.18. The highest BCUT2D eigenvalue weighted by Crippen LogP contribution is 2.47. The van der Waals surface area contributed by atoms with Crippen LogP contribution in [-0.4, -0.2) is 84.4 Å². The molecule has 7 aromatic carbocycles. The lowest BCUT2D eigenvalue weighted by Crippen LogP contribution is -2.23. The monoisotopic (exact) mass is 743 g/mol. The van der Waals surface area contributed by atoms with Crippen molar-refractivity contribution in [2.24, 2.45) is 0 Å². The Balaban J connectivity index is 1.14. The van der Waals surface area contributed by atoms with Gasteiger partial charge in [0, 0.05) is 19.8 Å². The van der Waals surface area contributed by atoms with Crippen LogP contribution in [0.3, 0.4) is 0 Å². The first-order chi connectivity index (χ1) is 27.1. The fourth-order valence-corrected chi connectivity index (χ4v) is 7.73. The minimum atomic E-state index is -0.372. The number of hydrogen-bond acceptors (Lipinski definition) is 9. The lowest BCUT2D eigenvalue weighted by atomic mass is 9.84. The van der Waals surface area contributed by atoms with Gasteiger partial charge in [-0.25, -0.2) is 4.57 Å². The second kappa shape index (κ2) is 16.7. The lowest BCUT2D eigenvalue weighted by molar-refractivity contribution is 0.0175. The van der Waals surface area contributed by atoms with Gasteiger partial charge in [-0.3, -0.25) is 9.59 Å². The van der Waals surface area contributed by atoms with E-state index in [4.69, 9.17) is 33.2 Å². The summed E-state index contributed by atoms with van der Waals surface area (Å²) in [4.78, 5) is 29.2. The maximum absolute atomic E-state index is 14.6. The Labute approximate surface area is 318 Å². The van der Waals surface area contributed by atoms with Crippen LogP contribution in [0.5, 0.6) is 11.5 Å². The van der Waals surface area contributed by atoms with Crippen molar-refractivity contribution in [3.05, 3.63) is 99.6 Å². The highest BCUT2D eigenvalue weighted by atomic mass is 16.6. The zero-order valence-electron chi connectivity index (χ0n) is 31.3. The molecule has 0 radical (unpaired) electrons. The molecule has 0 saturated carbocycles. The number of rotatable bonds is 21. The van der Waals surface area contributed by atoms with E-state index in [0.717, 1.165) is 73.3 Å². The molecule has 0 N–H and O–H groups in total. The maximum atomic E-state index is 14.6. The van der Waals surface area contributed by atoms with Gasteiger partial charge >= 0.3 is 0 Å². The average molecular weight is 744 g/mol. The standard InChI is InChI=1S/C45H45NO9/c1-3-4-17-50-20-21-52-24-26-54-36-16-13-31(28-37(36)55-27-25-53-23-22-51-19-18-49-2)46-44(47)42-34-14-11-29-7-5-9-32-33-10-6-8-30-12-15-35(43(42)45(46)48)41(39(30)33)40(34)38(29)32/h5-16,28H,3-4,17-27H2,1-2H3. The summed E-state index contributed by atoms with van der Waals surface area (Å²) < 4.78 is 41.0. The van der Waals surface area contributed by atoms with Crippen molar-refractivity contribution in [2.75, 3.05) is 79.8 Å². The zero-order chi connectivity index (χ0) is 37.7. The van der Waals surface area contributed by atoms with Crippen molar-refractivity contribution in [1.82, 2.24) is 4.57 Å². The van der Waals surface area contributed by atoms with Crippen molar-refractivity contribution in [2.45, 2.75) is 19.8 Å². The molecule has 0 aliphatic rings. The Hall–Kier alpha value is -5.10. The molecule has 55 heavy (non-hydrogen) atoms. The molecule has 0 saturated heterocycles. The van der Waals surface area contributed by atoms with Crippen LogP contribution in [0.15, 0.2) is 88.5 Å². The number of ether oxygens (including phenoxy) is 7. The summed E-state index contributed by atoms with van der Waals surface area (Å²) >= 11 is 0. The molecule has 0 atom stereocenters. The van der Waals surface area contributed by atoms with Crippen molar-refractivity contribution < 1.29 is 33.2 Å². The largest absolute Gasteiger partial charge is 0.487 e. The van der Waals surface area contributed by atoms with E-state index in [1.165, 1.54) is 4.57 Å². The summed E-state index contributed by atoms with van der Waals surface area (Å²) in [6.45, 7) is 6.86. The maximum Gasteiger partial charge on any atom is 0.266 e.